The molecule has 1 aliphatic carbocycles. The summed E-state index contributed by atoms with van der Waals surface area (Å²) in [5.41, 5.74) is 5.94. The molecule has 0 aromatic rings. The molecule has 3 nitrogen and oxygen atoms in total. The molecule has 1 rings (SSSR count). The third kappa shape index (κ3) is 2.98. The largest absolute Gasteiger partial charge is 0.353 e. The van der Waals surface area contributed by atoms with E-state index in [-0.39, 0.29) is 23.9 Å². The van der Waals surface area contributed by atoms with E-state index in [1.54, 1.807) is 0 Å². The third-order valence-corrected chi connectivity index (χ3v) is 3.16. The van der Waals surface area contributed by atoms with Crippen LogP contribution in [-0.4, -0.2) is 18.0 Å². The van der Waals surface area contributed by atoms with E-state index in [9.17, 15) is 4.79 Å². The van der Waals surface area contributed by atoms with Crippen molar-refractivity contribution >= 4 is 5.91 Å². The molecule has 1 amide bonds. The van der Waals surface area contributed by atoms with E-state index in [4.69, 9.17) is 5.73 Å². The smallest absolute Gasteiger partial charge is 0.224 e. The molecule has 0 aromatic heterocycles. The van der Waals surface area contributed by atoms with Crippen LogP contribution in [-0.2, 0) is 4.79 Å². The maximum absolute atomic E-state index is 11.8. The van der Waals surface area contributed by atoms with Gasteiger partial charge in [-0.3, -0.25) is 4.79 Å². The number of carbonyl (C=O) groups excluding carboxylic acids is 1. The molecule has 1 aliphatic rings. The molecule has 0 bridgehead atoms. The molecule has 3 heteroatoms. The van der Waals surface area contributed by atoms with E-state index >= 15 is 0 Å². The Morgan fingerprint density at radius 1 is 1.50 bits per heavy atom. The molecule has 14 heavy (non-hydrogen) atoms. The number of hydrogen-bond acceptors (Lipinski definition) is 2. The Hall–Kier alpha value is -0.570. The average Bonchev–Trinajstić information content (AvgIpc) is 2.18. The molecule has 0 radical (unpaired) electrons. The van der Waals surface area contributed by atoms with Crippen molar-refractivity contribution in [3.63, 3.8) is 0 Å². The highest BCUT2D eigenvalue weighted by molar-refractivity contribution is 5.79. The fraction of sp³-hybridized carbons (Fsp3) is 0.909. The first-order valence-corrected chi connectivity index (χ1v) is 5.71. The van der Waals surface area contributed by atoms with Crippen LogP contribution in [0.25, 0.3) is 0 Å². The van der Waals surface area contributed by atoms with E-state index in [0.717, 1.165) is 25.7 Å². The molecule has 1 saturated carbocycles. The van der Waals surface area contributed by atoms with Gasteiger partial charge < -0.3 is 11.1 Å². The van der Waals surface area contributed by atoms with Crippen LogP contribution in [0.1, 0.15) is 46.0 Å². The molecular weight excluding hydrogens is 176 g/mol. The maximum atomic E-state index is 11.8. The first-order chi connectivity index (χ1) is 6.65. The van der Waals surface area contributed by atoms with Crippen molar-refractivity contribution < 1.29 is 4.79 Å². The highest BCUT2D eigenvalue weighted by Crippen LogP contribution is 2.23. The van der Waals surface area contributed by atoms with Crippen molar-refractivity contribution in [2.24, 2.45) is 11.7 Å². The lowest BCUT2D eigenvalue weighted by molar-refractivity contribution is -0.127. The minimum absolute atomic E-state index is 0.0535. The summed E-state index contributed by atoms with van der Waals surface area (Å²) < 4.78 is 0. The van der Waals surface area contributed by atoms with E-state index in [2.05, 4.69) is 12.2 Å². The van der Waals surface area contributed by atoms with Crippen LogP contribution in [0.15, 0.2) is 0 Å². The number of nitrogens with two attached hydrogens (primary N) is 1. The lowest BCUT2D eigenvalue weighted by Crippen LogP contribution is -2.46. The van der Waals surface area contributed by atoms with Crippen molar-refractivity contribution in [2.75, 3.05) is 0 Å². The molecule has 82 valence electrons. The van der Waals surface area contributed by atoms with Crippen LogP contribution in [0.3, 0.4) is 0 Å². The number of carbonyl (C=O) groups is 1. The first kappa shape index (κ1) is 11.5. The summed E-state index contributed by atoms with van der Waals surface area (Å²) in [6.07, 6.45) is 5.26. The van der Waals surface area contributed by atoms with Gasteiger partial charge in [-0.1, -0.05) is 19.8 Å². The van der Waals surface area contributed by atoms with Gasteiger partial charge in [-0.15, -0.1) is 0 Å². The van der Waals surface area contributed by atoms with Crippen molar-refractivity contribution in [3.8, 4) is 0 Å². The fourth-order valence-corrected chi connectivity index (χ4v) is 1.94. The molecule has 0 spiro atoms. The first-order valence-electron chi connectivity index (χ1n) is 5.71. The van der Waals surface area contributed by atoms with Crippen LogP contribution in [0, 0.1) is 5.92 Å². The Morgan fingerprint density at radius 3 is 2.71 bits per heavy atom. The lowest BCUT2D eigenvalue weighted by Gasteiger charge is -2.28. The van der Waals surface area contributed by atoms with E-state index < -0.39 is 0 Å². The SMILES string of the molecule is CCC(C)NC(=O)C1CCCCC1N. The molecule has 3 atom stereocenters. The second kappa shape index (κ2) is 5.35. The van der Waals surface area contributed by atoms with Gasteiger partial charge in [0.05, 0.1) is 5.92 Å². The highest BCUT2D eigenvalue weighted by Gasteiger charge is 2.28. The zero-order valence-corrected chi connectivity index (χ0v) is 9.25. The molecule has 0 aromatic carbocycles. The summed E-state index contributed by atoms with van der Waals surface area (Å²) in [4.78, 5) is 11.8. The van der Waals surface area contributed by atoms with Crippen molar-refractivity contribution in [1.29, 1.82) is 0 Å². The summed E-state index contributed by atoms with van der Waals surface area (Å²) >= 11 is 0. The van der Waals surface area contributed by atoms with Crippen molar-refractivity contribution in [2.45, 2.75) is 58.0 Å². The zero-order chi connectivity index (χ0) is 10.6. The maximum Gasteiger partial charge on any atom is 0.224 e. The minimum atomic E-state index is 0.0535. The standard InChI is InChI=1S/C11H22N2O/c1-3-8(2)13-11(14)9-6-4-5-7-10(9)12/h8-10H,3-7,12H2,1-2H3,(H,13,14). The van der Waals surface area contributed by atoms with Gasteiger partial charge >= 0.3 is 0 Å². The van der Waals surface area contributed by atoms with Gasteiger partial charge in [0.2, 0.25) is 5.91 Å². The number of amides is 1. The Kier molecular flexibility index (Phi) is 4.39. The van der Waals surface area contributed by atoms with E-state index in [1.165, 1.54) is 6.42 Å². The van der Waals surface area contributed by atoms with Gasteiger partial charge in [-0.05, 0) is 26.2 Å². The van der Waals surface area contributed by atoms with Gasteiger partial charge in [-0.2, -0.15) is 0 Å². The van der Waals surface area contributed by atoms with Crippen LogP contribution in [0.5, 0.6) is 0 Å². The number of nitrogens with one attached hydrogen (secondary N) is 1. The molecule has 3 N–H and O–H groups in total. The molecule has 0 saturated heterocycles. The summed E-state index contributed by atoms with van der Waals surface area (Å²) in [7, 11) is 0. The van der Waals surface area contributed by atoms with Crippen LogP contribution in [0.4, 0.5) is 0 Å². The summed E-state index contributed by atoms with van der Waals surface area (Å²) in [5.74, 6) is 0.212. The van der Waals surface area contributed by atoms with Crippen LogP contribution < -0.4 is 11.1 Å². The Morgan fingerprint density at radius 2 is 2.14 bits per heavy atom. The zero-order valence-electron chi connectivity index (χ0n) is 9.25. The highest BCUT2D eigenvalue weighted by atomic mass is 16.2. The van der Waals surface area contributed by atoms with E-state index in [0.29, 0.717) is 0 Å². The Bertz CT molecular complexity index is 194. The molecule has 3 unspecified atom stereocenters. The van der Waals surface area contributed by atoms with Gasteiger partial charge in [-0.25, -0.2) is 0 Å². The topological polar surface area (TPSA) is 55.1 Å². The van der Waals surface area contributed by atoms with Crippen molar-refractivity contribution in [1.82, 2.24) is 5.32 Å². The summed E-state index contributed by atoms with van der Waals surface area (Å²) in [6, 6.07) is 0.351. The van der Waals surface area contributed by atoms with Crippen LogP contribution >= 0.6 is 0 Å². The second-order valence-corrected chi connectivity index (χ2v) is 4.37. The molecule has 1 fully saturated rings. The normalized spacial score (nSPS) is 29.6. The summed E-state index contributed by atoms with van der Waals surface area (Å²) in [6.45, 7) is 4.11. The fourth-order valence-electron chi connectivity index (χ4n) is 1.94. The molecular formula is C11H22N2O. The van der Waals surface area contributed by atoms with Crippen LogP contribution in [0.2, 0.25) is 0 Å². The average molecular weight is 198 g/mol. The predicted octanol–water partition coefficient (Wildman–Crippen LogP) is 1.42. The predicted molar refractivity (Wildman–Crippen MR) is 57.8 cm³/mol. The van der Waals surface area contributed by atoms with E-state index in [1.807, 2.05) is 6.92 Å². The lowest BCUT2D eigenvalue weighted by atomic mass is 9.84. The van der Waals surface area contributed by atoms with Gasteiger partial charge in [0.25, 0.3) is 0 Å². The monoisotopic (exact) mass is 198 g/mol. The van der Waals surface area contributed by atoms with Gasteiger partial charge in [0, 0.05) is 12.1 Å². The number of rotatable bonds is 3. The summed E-state index contributed by atoms with van der Waals surface area (Å²) in [5, 5.41) is 3.01. The van der Waals surface area contributed by atoms with Crippen molar-refractivity contribution in [3.05, 3.63) is 0 Å². The number of hydrogen-bond donors (Lipinski definition) is 2. The second-order valence-electron chi connectivity index (χ2n) is 4.37. The van der Waals surface area contributed by atoms with Gasteiger partial charge in [0.1, 0.15) is 0 Å². The Labute approximate surface area is 86.4 Å². The van der Waals surface area contributed by atoms with Gasteiger partial charge in [0.15, 0.2) is 0 Å². The molecule has 0 heterocycles. The Balaban J connectivity index is 2.42. The quantitative estimate of drug-likeness (QED) is 0.720. The third-order valence-electron chi connectivity index (χ3n) is 3.16. The molecule has 0 aliphatic heterocycles. The minimum Gasteiger partial charge on any atom is -0.353 e.